The molecular weight excluding hydrogens is 581 g/mol. The summed E-state index contributed by atoms with van der Waals surface area (Å²) in [5.74, 6) is 0.457. The normalized spacial score (nSPS) is 18.9. The summed E-state index contributed by atoms with van der Waals surface area (Å²) < 4.78 is 85.1. The Morgan fingerprint density at radius 1 is 1.18 bits per heavy atom. The van der Waals surface area contributed by atoms with Gasteiger partial charge in [0.25, 0.3) is 0 Å². The molecule has 2 atom stereocenters. The smallest absolute Gasteiger partial charge is 0.390 e. The summed E-state index contributed by atoms with van der Waals surface area (Å²) in [5, 5.41) is 23.0. The molecule has 1 unspecified atom stereocenters. The van der Waals surface area contributed by atoms with Gasteiger partial charge in [0.15, 0.2) is 12.5 Å². The second-order valence-corrected chi connectivity index (χ2v) is 12.2. The van der Waals surface area contributed by atoms with Gasteiger partial charge < -0.3 is 21.5 Å². The summed E-state index contributed by atoms with van der Waals surface area (Å²) in [6.07, 6.45) is -3.23. The van der Waals surface area contributed by atoms with Crippen LogP contribution < -0.4 is 26.2 Å². The SMILES string of the molecule is NCCC1CCCN(c2ccc(S(=O)(=O)NC[C@H](O)CN)c(S(N)(=O)=O)c2C2=NCN=N2)CC1.O=CC(F)(F)F. The third kappa shape index (κ3) is 9.53. The molecule has 1 saturated heterocycles. The summed E-state index contributed by atoms with van der Waals surface area (Å²) in [6.45, 7) is 1.28. The fraction of sp³-hybridized carbons (Fsp3) is 0.619. The number of hydrogen-bond donors (Lipinski definition) is 5. The summed E-state index contributed by atoms with van der Waals surface area (Å²) in [5.41, 5.74) is 11.5. The number of primary sulfonamides is 1. The number of hydrogen-bond acceptors (Lipinski definition) is 12. The molecule has 0 aromatic heterocycles. The molecule has 2 aliphatic heterocycles. The monoisotopic (exact) mass is 614 g/mol. The highest BCUT2D eigenvalue weighted by Gasteiger charge is 2.34. The van der Waals surface area contributed by atoms with Gasteiger partial charge >= 0.3 is 6.18 Å². The first-order valence-corrected chi connectivity index (χ1v) is 15.2. The van der Waals surface area contributed by atoms with Crippen LogP contribution in [0.4, 0.5) is 18.9 Å². The molecule has 226 valence electrons. The zero-order valence-electron chi connectivity index (χ0n) is 21.4. The second kappa shape index (κ2) is 14.4. The maximum absolute atomic E-state index is 13.0. The van der Waals surface area contributed by atoms with E-state index >= 15 is 0 Å². The van der Waals surface area contributed by atoms with Gasteiger partial charge in [0.2, 0.25) is 26.3 Å². The summed E-state index contributed by atoms with van der Waals surface area (Å²) >= 11 is 0. The number of nitrogens with two attached hydrogens (primary N) is 3. The molecule has 0 radical (unpaired) electrons. The zero-order chi connectivity index (χ0) is 30.1. The van der Waals surface area contributed by atoms with Crippen LogP contribution in [0, 0.1) is 5.92 Å². The maximum atomic E-state index is 13.0. The van der Waals surface area contributed by atoms with E-state index in [0.29, 0.717) is 31.2 Å². The number of aldehydes is 1. The number of benzene rings is 1. The van der Waals surface area contributed by atoms with Crippen molar-refractivity contribution in [2.75, 3.05) is 44.3 Å². The number of anilines is 1. The third-order valence-corrected chi connectivity index (χ3v) is 8.61. The van der Waals surface area contributed by atoms with E-state index in [1.165, 1.54) is 12.1 Å². The number of aliphatic imine (C=N–C) groups is 1. The van der Waals surface area contributed by atoms with Gasteiger partial charge in [0.1, 0.15) is 9.79 Å². The molecule has 2 heterocycles. The van der Waals surface area contributed by atoms with E-state index in [-0.39, 0.29) is 24.6 Å². The summed E-state index contributed by atoms with van der Waals surface area (Å²) in [7, 11) is -8.94. The van der Waals surface area contributed by atoms with E-state index in [4.69, 9.17) is 21.4 Å². The lowest BCUT2D eigenvalue weighted by Crippen LogP contribution is -2.37. The lowest BCUT2D eigenvalue weighted by molar-refractivity contribution is -0.156. The van der Waals surface area contributed by atoms with Gasteiger partial charge in [-0.3, -0.25) is 4.79 Å². The summed E-state index contributed by atoms with van der Waals surface area (Å²) in [6, 6.07) is 2.74. The number of carbonyl (C=O) groups excluding carboxylic acids is 1. The van der Waals surface area contributed by atoms with Gasteiger partial charge in [-0.25, -0.2) is 31.7 Å². The standard InChI is InChI=1S/C19H32N8O5S2.C2HF3O/c20-7-5-13-2-1-8-27(9-6-13)15-3-4-16(34(31,32)25-11-14(28)10-21)18(33(22,29)30)17(15)19-23-12-24-26-19;3-2(4,5)1-6/h3-4,13-14,25,28H,1-2,5-12,20-21H2,(H2,22,29,30);1H/t13?,14-;/m1./s1. The number of azo groups is 1. The minimum absolute atomic E-state index is 0.000762. The van der Waals surface area contributed by atoms with Crippen LogP contribution in [-0.4, -0.2) is 85.7 Å². The van der Waals surface area contributed by atoms with Crippen molar-refractivity contribution in [1.82, 2.24) is 4.72 Å². The Balaban J connectivity index is 0.000000840. The number of carbonyl (C=O) groups is 1. The lowest BCUT2D eigenvalue weighted by atomic mass is 9.97. The van der Waals surface area contributed by atoms with Crippen LogP contribution >= 0.6 is 0 Å². The van der Waals surface area contributed by atoms with Crippen molar-refractivity contribution in [2.45, 2.75) is 47.8 Å². The van der Waals surface area contributed by atoms with Crippen LogP contribution in [0.5, 0.6) is 0 Å². The Labute approximate surface area is 230 Å². The highest BCUT2D eigenvalue weighted by atomic mass is 32.2. The number of nitrogens with zero attached hydrogens (tertiary/aromatic N) is 4. The predicted molar refractivity (Wildman–Crippen MR) is 140 cm³/mol. The van der Waals surface area contributed by atoms with E-state index < -0.39 is 54.9 Å². The molecule has 2 aliphatic rings. The molecule has 0 saturated carbocycles. The van der Waals surface area contributed by atoms with Crippen LogP contribution in [0.15, 0.2) is 37.1 Å². The van der Waals surface area contributed by atoms with Crippen molar-refractivity contribution < 1.29 is 39.9 Å². The molecule has 8 N–H and O–H groups in total. The molecule has 3 rings (SSSR count). The fourth-order valence-corrected chi connectivity index (χ4v) is 6.85. The Kier molecular flexibility index (Phi) is 12.1. The minimum Gasteiger partial charge on any atom is -0.390 e. The molecular formula is C21H33F3N8O6S2. The molecule has 1 aromatic carbocycles. The molecule has 0 aliphatic carbocycles. The number of sulfonamides is 2. The summed E-state index contributed by atoms with van der Waals surface area (Å²) in [4.78, 5) is 13.7. The van der Waals surface area contributed by atoms with Gasteiger partial charge in [0, 0.05) is 31.9 Å². The number of aliphatic hydroxyl groups is 1. The number of aliphatic hydroxyl groups excluding tert-OH is 1. The first-order valence-electron chi connectivity index (χ1n) is 12.1. The Morgan fingerprint density at radius 3 is 2.38 bits per heavy atom. The van der Waals surface area contributed by atoms with Crippen molar-refractivity contribution in [3.8, 4) is 0 Å². The van der Waals surface area contributed by atoms with Crippen LogP contribution in [-0.2, 0) is 24.8 Å². The first-order chi connectivity index (χ1) is 18.6. The Morgan fingerprint density at radius 2 is 1.85 bits per heavy atom. The quantitative estimate of drug-likeness (QED) is 0.219. The highest BCUT2D eigenvalue weighted by Crippen LogP contribution is 2.36. The number of amidine groups is 1. The molecule has 0 spiro atoms. The van der Waals surface area contributed by atoms with E-state index in [9.17, 15) is 35.1 Å². The van der Waals surface area contributed by atoms with Crippen LogP contribution in [0.2, 0.25) is 0 Å². The van der Waals surface area contributed by atoms with Crippen molar-refractivity contribution in [1.29, 1.82) is 0 Å². The minimum atomic E-state index is -4.64. The van der Waals surface area contributed by atoms with Gasteiger partial charge in [-0.15, -0.1) is 5.11 Å². The van der Waals surface area contributed by atoms with E-state index in [1.54, 1.807) is 0 Å². The van der Waals surface area contributed by atoms with E-state index in [2.05, 4.69) is 19.9 Å². The maximum Gasteiger partial charge on any atom is 0.446 e. The lowest BCUT2D eigenvalue weighted by Gasteiger charge is -2.27. The van der Waals surface area contributed by atoms with Gasteiger partial charge in [-0.1, -0.05) is 0 Å². The number of halogens is 3. The molecule has 19 heteroatoms. The average molecular weight is 615 g/mol. The van der Waals surface area contributed by atoms with Crippen molar-refractivity contribution >= 4 is 37.9 Å². The molecule has 1 aromatic rings. The van der Waals surface area contributed by atoms with Crippen molar-refractivity contribution in [2.24, 2.45) is 37.7 Å². The first kappa shape index (κ1) is 33.7. The largest absolute Gasteiger partial charge is 0.446 e. The van der Waals surface area contributed by atoms with Gasteiger partial charge in [0.05, 0.1) is 11.7 Å². The molecule has 14 nitrogen and oxygen atoms in total. The topological polar surface area (TPSA) is 236 Å². The van der Waals surface area contributed by atoms with Gasteiger partial charge in [-0.2, -0.15) is 18.3 Å². The Bertz CT molecular complexity index is 1310. The van der Waals surface area contributed by atoms with Crippen LogP contribution in [0.1, 0.15) is 31.2 Å². The number of alkyl halides is 3. The van der Waals surface area contributed by atoms with Crippen LogP contribution in [0.3, 0.4) is 0 Å². The highest BCUT2D eigenvalue weighted by molar-refractivity contribution is 7.92. The Hall–Kier alpha value is -2.55. The van der Waals surface area contributed by atoms with E-state index in [1.807, 2.05) is 4.90 Å². The second-order valence-electron chi connectivity index (χ2n) is 8.96. The fourth-order valence-electron chi connectivity index (χ4n) is 4.18. The number of rotatable bonds is 10. The van der Waals surface area contributed by atoms with Crippen LogP contribution in [0.25, 0.3) is 0 Å². The van der Waals surface area contributed by atoms with E-state index in [0.717, 1.165) is 25.7 Å². The molecule has 0 amide bonds. The van der Waals surface area contributed by atoms with Gasteiger partial charge in [-0.05, 0) is 50.3 Å². The average Bonchev–Trinajstić information content (AvgIpc) is 3.32. The van der Waals surface area contributed by atoms with Crippen molar-refractivity contribution in [3.05, 3.63) is 17.7 Å². The molecule has 0 bridgehead atoms. The third-order valence-electron chi connectivity index (χ3n) is 6.02. The zero-order valence-corrected chi connectivity index (χ0v) is 23.1. The molecule has 40 heavy (non-hydrogen) atoms. The van der Waals surface area contributed by atoms with Crippen molar-refractivity contribution in [3.63, 3.8) is 0 Å². The predicted octanol–water partition coefficient (Wildman–Crippen LogP) is -0.195. The molecule has 1 fully saturated rings. The number of nitrogens with one attached hydrogen (secondary N) is 1.